The maximum atomic E-state index is 5.63. The monoisotopic (exact) mass is 292 g/mol. The number of likely N-dealkylation sites (N-methyl/N-ethyl adjacent to an activating group) is 1. The summed E-state index contributed by atoms with van der Waals surface area (Å²) in [5, 5.41) is 0. The van der Waals surface area contributed by atoms with Crippen molar-refractivity contribution in [3.63, 3.8) is 0 Å². The van der Waals surface area contributed by atoms with Crippen LogP contribution in [0.15, 0.2) is 24.3 Å². The molecule has 20 heavy (non-hydrogen) atoms. The van der Waals surface area contributed by atoms with Crippen LogP contribution in [0, 0.1) is 0 Å². The van der Waals surface area contributed by atoms with Crippen molar-refractivity contribution in [2.45, 2.75) is 0 Å². The maximum absolute atomic E-state index is 5.63. The molecule has 2 rings (SSSR count). The summed E-state index contributed by atoms with van der Waals surface area (Å²) in [6.45, 7) is 6.71. The molecule has 4 nitrogen and oxygen atoms in total. The Bertz CT molecular complexity index is 436. The average Bonchev–Trinajstić information content (AvgIpc) is 2.46. The quantitative estimate of drug-likeness (QED) is 0.820. The van der Waals surface area contributed by atoms with E-state index in [1.165, 1.54) is 5.69 Å². The topological polar surface area (TPSA) is 35.7 Å². The van der Waals surface area contributed by atoms with Gasteiger partial charge in [0.2, 0.25) is 0 Å². The van der Waals surface area contributed by atoms with Gasteiger partial charge in [-0.25, -0.2) is 0 Å². The van der Waals surface area contributed by atoms with Crippen LogP contribution in [0.4, 0.5) is 5.69 Å². The van der Waals surface area contributed by atoms with Crippen LogP contribution in [0.1, 0.15) is 5.56 Å². The molecule has 0 unspecified atom stereocenters. The highest BCUT2D eigenvalue weighted by molar-refractivity contribution is 7.80. The van der Waals surface area contributed by atoms with Gasteiger partial charge in [-0.1, -0.05) is 12.2 Å². The van der Waals surface area contributed by atoms with Crippen LogP contribution in [0.3, 0.4) is 0 Å². The van der Waals surface area contributed by atoms with Gasteiger partial charge in [0.05, 0.1) is 0 Å². The predicted octanol–water partition coefficient (Wildman–Crippen LogP) is 1.00. The lowest BCUT2D eigenvalue weighted by atomic mass is 10.2. The molecule has 0 amide bonds. The lowest BCUT2D eigenvalue weighted by Crippen LogP contribution is -2.48. The summed E-state index contributed by atoms with van der Waals surface area (Å²) in [6, 6.07) is 8.25. The first-order valence-electron chi connectivity index (χ1n) is 7.08. The zero-order chi connectivity index (χ0) is 14.5. The second-order valence-corrected chi connectivity index (χ2v) is 5.98. The molecule has 0 saturated carbocycles. The third kappa shape index (κ3) is 4.16. The third-order valence-electron chi connectivity index (χ3n) is 3.75. The van der Waals surface area contributed by atoms with E-state index in [1.807, 2.05) is 12.1 Å². The zero-order valence-electron chi connectivity index (χ0n) is 12.4. The minimum atomic E-state index is 0.463. The number of thiocarbonyl (C=S) groups is 1. The highest BCUT2D eigenvalue weighted by Crippen LogP contribution is 2.17. The summed E-state index contributed by atoms with van der Waals surface area (Å²) in [4.78, 5) is 7.65. The van der Waals surface area contributed by atoms with Gasteiger partial charge in [-0.15, -0.1) is 0 Å². The van der Waals surface area contributed by atoms with Crippen molar-refractivity contribution in [1.29, 1.82) is 0 Å². The number of hydrogen-bond donors (Lipinski definition) is 1. The molecule has 1 heterocycles. The lowest BCUT2D eigenvalue weighted by molar-refractivity contribution is 0.229. The molecule has 2 N–H and O–H groups in total. The van der Waals surface area contributed by atoms with E-state index in [0.29, 0.717) is 4.99 Å². The van der Waals surface area contributed by atoms with E-state index >= 15 is 0 Å². The molecule has 0 radical (unpaired) electrons. The Morgan fingerprint density at radius 1 is 1.15 bits per heavy atom. The summed E-state index contributed by atoms with van der Waals surface area (Å²) < 4.78 is 0. The molecule has 0 atom stereocenters. The van der Waals surface area contributed by atoms with E-state index < -0.39 is 0 Å². The molecule has 0 aromatic heterocycles. The van der Waals surface area contributed by atoms with Crippen molar-refractivity contribution in [2.75, 3.05) is 58.3 Å². The van der Waals surface area contributed by atoms with Crippen LogP contribution < -0.4 is 10.6 Å². The first kappa shape index (κ1) is 15.2. The molecule has 1 saturated heterocycles. The highest BCUT2D eigenvalue weighted by atomic mass is 32.1. The average molecular weight is 292 g/mol. The fraction of sp³-hybridized carbons (Fsp3) is 0.533. The second kappa shape index (κ2) is 7.02. The zero-order valence-corrected chi connectivity index (χ0v) is 13.2. The fourth-order valence-corrected chi connectivity index (χ4v) is 2.54. The Balaban J connectivity index is 1.85. The highest BCUT2D eigenvalue weighted by Gasteiger charge is 2.16. The minimum Gasteiger partial charge on any atom is -0.389 e. The number of anilines is 1. The van der Waals surface area contributed by atoms with Gasteiger partial charge in [0.25, 0.3) is 0 Å². The Labute approximate surface area is 127 Å². The standard InChI is InChI=1S/C15H24N4S/c1-17(2)7-8-18-9-11-19(12-10-18)14-5-3-13(4-6-14)15(16)20/h3-6H,7-12H2,1-2H3,(H2,16,20). The molecular formula is C15H24N4S. The van der Waals surface area contributed by atoms with Gasteiger partial charge in [0.15, 0.2) is 0 Å². The van der Waals surface area contributed by atoms with Gasteiger partial charge in [-0.05, 0) is 38.4 Å². The van der Waals surface area contributed by atoms with E-state index in [0.717, 1.165) is 44.8 Å². The number of nitrogens with zero attached hydrogens (tertiary/aromatic N) is 3. The number of hydrogen-bond acceptors (Lipinski definition) is 4. The van der Waals surface area contributed by atoms with E-state index in [2.05, 4.69) is 40.9 Å². The Morgan fingerprint density at radius 2 is 1.75 bits per heavy atom. The normalized spacial score (nSPS) is 16.6. The maximum Gasteiger partial charge on any atom is 0.103 e. The summed E-state index contributed by atoms with van der Waals surface area (Å²) >= 11 is 4.98. The van der Waals surface area contributed by atoms with Crippen LogP contribution in [0.25, 0.3) is 0 Å². The molecule has 0 bridgehead atoms. The number of rotatable bonds is 5. The molecule has 1 fully saturated rings. The van der Waals surface area contributed by atoms with Crippen molar-refractivity contribution in [3.8, 4) is 0 Å². The smallest absolute Gasteiger partial charge is 0.103 e. The Hall–Kier alpha value is -1.17. The van der Waals surface area contributed by atoms with Crippen LogP contribution in [0.5, 0.6) is 0 Å². The van der Waals surface area contributed by atoms with Gasteiger partial charge in [-0.2, -0.15) is 0 Å². The molecule has 1 aromatic rings. The number of piperazine rings is 1. The van der Waals surface area contributed by atoms with Gasteiger partial charge in [0.1, 0.15) is 4.99 Å². The minimum absolute atomic E-state index is 0.463. The van der Waals surface area contributed by atoms with Crippen LogP contribution in [-0.2, 0) is 0 Å². The summed E-state index contributed by atoms with van der Waals surface area (Å²) in [5.41, 5.74) is 7.83. The van der Waals surface area contributed by atoms with Crippen molar-refractivity contribution in [3.05, 3.63) is 29.8 Å². The van der Waals surface area contributed by atoms with Crippen LogP contribution in [0.2, 0.25) is 0 Å². The van der Waals surface area contributed by atoms with Crippen LogP contribution in [-0.4, -0.2) is 68.2 Å². The van der Waals surface area contributed by atoms with Crippen LogP contribution >= 0.6 is 12.2 Å². The predicted molar refractivity (Wildman–Crippen MR) is 89.5 cm³/mol. The van der Waals surface area contributed by atoms with Gasteiger partial charge in [-0.3, -0.25) is 4.90 Å². The molecule has 1 aliphatic heterocycles. The SMILES string of the molecule is CN(C)CCN1CCN(c2ccc(C(N)=S)cc2)CC1. The van der Waals surface area contributed by atoms with Crippen molar-refractivity contribution in [2.24, 2.45) is 5.73 Å². The lowest BCUT2D eigenvalue weighted by Gasteiger charge is -2.36. The third-order valence-corrected chi connectivity index (χ3v) is 3.99. The van der Waals surface area contributed by atoms with E-state index in [-0.39, 0.29) is 0 Å². The first-order valence-corrected chi connectivity index (χ1v) is 7.49. The van der Waals surface area contributed by atoms with Gasteiger partial charge < -0.3 is 15.5 Å². The van der Waals surface area contributed by atoms with E-state index in [9.17, 15) is 0 Å². The van der Waals surface area contributed by atoms with E-state index in [4.69, 9.17) is 18.0 Å². The Morgan fingerprint density at radius 3 is 2.25 bits per heavy atom. The molecule has 0 spiro atoms. The van der Waals surface area contributed by atoms with E-state index in [1.54, 1.807) is 0 Å². The molecule has 1 aromatic carbocycles. The molecular weight excluding hydrogens is 268 g/mol. The second-order valence-electron chi connectivity index (χ2n) is 5.54. The Kier molecular flexibility index (Phi) is 5.34. The molecule has 110 valence electrons. The first-order chi connectivity index (χ1) is 9.56. The number of nitrogens with two attached hydrogens (primary N) is 1. The largest absolute Gasteiger partial charge is 0.389 e. The molecule has 0 aliphatic carbocycles. The van der Waals surface area contributed by atoms with Crippen molar-refractivity contribution in [1.82, 2.24) is 9.80 Å². The summed E-state index contributed by atoms with van der Waals surface area (Å²) in [6.07, 6.45) is 0. The van der Waals surface area contributed by atoms with Crippen molar-refractivity contribution < 1.29 is 0 Å². The van der Waals surface area contributed by atoms with Gasteiger partial charge in [0, 0.05) is 50.5 Å². The van der Waals surface area contributed by atoms with Crippen molar-refractivity contribution >= 4 is 22.9 Å². The number of benzene rings is 1. The summed E-state index contributed by atoms with van der Waals surface area (Å²) in [7, 11) is 4.25. The fourth-order valence-electron chi connectivity index (χ4n) is 2.41. The summed E-state index contributed by atoms with van der Waals surface area (Å²) in [5.74, 6) is 0. The molecule has 1 aliphatic rings. The molecule has 5 heteroatoms. The van der Waals surface area contributed by atoms with Gasteiger partial charge >= 0.3 is 0 Å².